The zero-order valence-electron chi connectivity index (χ0n) is 14.9. The fourth-order valence-electron chi connectivity index (χ4n) is 4.69. The van der Waals surface area contributed by atoms with Crippen molar-refractivity contribution in [1.29, 1.82) is 0 Å². The molecule has 130 valence electrons. The highest BCUT2D eigenvalue weighted by Gasteiger charge is 2.17. The van der Waals surface area contributed by atoms with Gasteiger partial charge in [0.05, 0.1) is 9.40 Å². The Hall–Kier alpha value is -2.94. The summed E-state index contributed by atoms with van der Waals surface area (Å²) in [6.07, 6.45) is 0. The quantitative estimate of drug-likeness (QED) is 0.179. The van der Waals surface area contributed by atoms with E-state index >= 15 is 0 Å². The van der Waals surface area contributed by atoms with Crippen molar-refractivity contribution < 1.29 is 0 Å². The van der Waals surface area contributed by atoms with E-state index in [0.717, 1.165) is 0 Å². The summed E-state index contributed by atoms with van der Waals surface area (Å²) in [4.78, 5) is 0. The van der Waals surface area contributed by atoms with Gasteiger partial charge in [0.2, 0.25) is 0 Å². The molecule has 0 bridgehead atoms. The van der Waals surface area contributed by atoms with E-state index in [1.807, 2.05) is 22.7 Å². The van der Waals surface area contributed by atoms with Crippen LogP contribution in [0.4, 0.5) is 0 Å². The van der Waals surface area contributed by atoms with Crippen molar-refractivity contribution in [3.05, 3.63) is 84.9 Å². The molecular weight excluding hydrogens is 376 g/mol. The summed E-state index contributed by atoms with van der Waals surface area (Å²) < 4.78 is 5.55. The lowest BCUT2D eigenvalue weighted by Gasteiger charge is -2.16. The van der Waals surface area contributed by atoms with Crippen molar-refractivity contribution in [2.45, 2.75) is 0 Å². The molecule has 0 atom stereocenters. The maximum absolute atomic E-state index is 2.30. The Labute approximate surface area is 169 Å². The molecule has 0 unspecified atom stereocenters. The Kier molecular flexibility index (Phi) is 2.85. The topological polar surface area (TPSA) is 0 Å². The summed E-state index contributed by atoms with van der Waals surface area (Å²) in [6, 6.07) is 31.2. The second-order valence-corrected chi connectivity index (χ2v) is 9.42. The van der Waals surface area contributed by atoms with Crippen LogP contribution in [-0.4, -0.2) is 0 Å². The lowest BCUT2D eigenvalue weighted by molar-refractivity contribution is 1.83. The zero-order chi connectivity index (χ0) is 18.2. The second-order valence-electron chi connectivity index (χ2n) is 7.31. The molecule has 0 radical (unpaired) electrons. The Morgan fingerprint density at radius 3 is 1.18 bits per heavy atom. The zero-order valence-corrected chi connectivity index (χ0v) is 16.5. The molecule has 28 heavy (non-hydrogen) atoms. The first-order chi connectivity index (χ1) is 13.9. The predicted molar refractivity (Wildman–Crippen MR) is 127 cm³/mol. The molecule has 0 fully saturated rings. The van der Waals surface area contributed by atoms with Crippen LogP contribution < -0.4 is 0 Å². The average Bonchev–Trinajstić information content (AvgIpc) is 2.77. The van der Waals surface area contributed by atoms with Gasteiger partial charge >= 0.3 is 0 Å². The van der Waals surface area contributed by atoms with Gasteiger partial charge in [0.15, 0.2) is 0 Å². The van der Waals surface area contributed by atoms with Crippen LogP contribution in [0.5, 0.6) is 0 Å². The molecule has 0 saturated carbocycles. The molecule has 2 aromatic heterocycles. The summed E-state index contributed by atoms with van der Waals surface area (Å²) in [7, 11) is 0. The summed E-state index contributed by atoms with van der Waals surface area (Å²) in [5.74, 6) is 0. The van der Waals surface area contributed by atoms with Crippen molar-refractivity contribution in [2.75, 3.05) is 0 Å². The molecule has 0 saturated heterocycles. The highest BCUT2D eigenvalue weighted by molar-refractivity contribution is 7.32. The van der Waals surface area contributed by atoms with Crippen LogP contribution in [-0.2, 0) is 0 Å². The smallest absolute Gasteiger partial charge is 0.0540 e. The third kappa shape index (κ3) is 1.80. The molecule has 0 N–H and O–H groups in total. The van der Waals surface area contributed by atoms with Gasteiger partial charge in [0.1, 0.15) is 0 Å². The van der Waals surface area contributed by atoms with Crippen molar-refractivity contribution in [3.63, 3.8) is 0 Å². The Bertz CT molecular complexity index is 1580. The monoisotopic (exact) mass is 390 g/mol. The molecule has 2 heterocycles. The number of rotatable bonds is 0. The minimum atomic E-state index is 1.36. The maximum atomic E-state index is 2.30. The molecule has 0 amide bonds. The molecular formula is C26H14S2. The summed E-state index contributed by atoms with van der Waals surface area (Å²) in [6.45, 7) is 0. The summed E-state index contributed by atoms with van der Waals surface area (Å²) in [5.41, 5.74) is 0. The van der Waals surface area contributed by atoms with Gasteiger partial charge in [-0.15, -0.1) is 22.7 Å². The fourth-order valence-corrected chi connectivity index (χ4v) is 7.28. The SMILES string of the molecule is c1ccc2c(c1)sc1c3sc4ccccc4c4cccc(c5cccc2c51)c43. The molecule has 7 rings (SSSR count). The van der Waals surface area contributed by atoms with Crippen LogP contribution in [0, 0.1) is 0 Å². The van der Waals surface area contributed by atoms with Gasteiger partial charge in [-0.3, -0.25) is 0 Å². The Morgan fingerprint density at radius 1 is 0.357 bits per heavy atom. The minimum absolute atomic E-state index is 1.36. The van der Waals surface area contributed by atoms with Crippen LogP contribution in [0.3, 0.4) is 0 Å². The fraction of sp³-hybridized carbons (Fsp3) is 0. The van der Waals surface area contributed by atoms with Crippen molar-refractivity contribution in [2.24, 2.45) is 0 Å². The lowest BCUT2D eigenvalue weighted by atomic mass is 9.95. The highest BCUT2D eigenvalue weighted by atomic mass is 32.1. The van der Waals surface area contributed by atoms with Gasteiger partial charge in [-0.05, 0) is 44.5 Å². The van der Waals surface area contributed by atoms with Crippen LogP contribution in [0.25, 0.3) is 61.9 Å². The summed E-state index contributed by atoms with van der Waals surface area (Å²) in [5, 5.41) is 11.0. The lowest BCUT2D eigenvalue weighted by Crippen LogP contribution is -1.86. The van der Waals surface area contributed by atoms with Gasteiger partial charge in [-0.25, -0.2) is 0 Å². The van der Waals surface area contributed by atoms with E-state index in [1.54, 1.807) is 0 Å². The van der Waals surface area contributed by atoms with E-state index in [1.165, 1.54) is 61.9 Å². The molecule has 0 aliphatic heterocycles. The molecule has 0 nitrogen and oxygen atoms in total. The van der Waals surface area contributed by atoms with Gasteiger partial charge in [0, 0.05) is 20.2 Å². The van der Waals surface area contributed by atoms with Gasteiger partial charge in [-0.2, -0.15) is 0 Å². The van der Waals surface area contributed by atoms with Crippen molar-refractivity contribution in [1.82, 2.24) is 0 Å². The van der Waals surface area contributed by atoms with Crippen molar-refractivity contribution in [3.8, 4) is 0 Å². The van der Waals surface area contributed by atoms with E-state index < -0.39 is 0 Å². The molecule has 7 aromatic rings. The maximum Gasteiger partial charge on any atom is 0.0540 e. The van der Waals surface area contributed by atoms with Gasteiger partial charge in [-0.1, -0.05) is 72.8 Å². The number of hydrogen-bond acceptors (Lipinski definition) is 2. The molecule has 2 heteroatoms. The second kappa shape index (κ2) is 5.32. The van der Waals surface area contributed by atoms with E-state index in [0.29, 0.717) is 0 Å². The van der Waals surface area contributed by atoms with Gasteiger partial charge in [0.25, 0.3) is 0 Å². The summed E-state index contributed by atoms with van der Waals surface area (Å²) >= 11 is 3.87. The van der Waals surface area contributed by atoms with Crippen molar-refractivity contribution >= 4 is 84.6 Å². The number of hydrogen-bond donors (Lipinski definition) is 0. The first-order valence-electron chi connectivity index (χ1n) is 9.46. The number of benzene rings is 5. The third-order valence-electron chi connectivity index (χ3n) is 5.86. The number of fused-ring (bicyclic) bond motifs is 6. The molecule has 0 aliphatic carbocycles. The molecule has 5 aromatic carbocycles. The standard InChI is InChI=1S/C26H14S2/c1-3-13-21-15(7-1)17-9-5-11-19-20-12-6-10-18-16-8-2-4-14-22(16)28-26(24(18)20)25(27-21)23(17)19/h1-14H. The van der Waals surface area contributed by atoms with E-state index in [-0.39, 0.29) is 0 Å². The van der Waals surface area contributed by atoms with E-state index in [4.69, 9.17) is 0 Å². The first kappa shape index (κ1) is 15.0. The Balaban J connectivity index is 1.93. The molecule has 0 aliphatic rings. The minimum Gasteiger partial charge on any atom is -0.134 e. The van der Waals surface area contributed by atoms with Crippen LogP contribution in [0.2, 0.25) is 0 Å². The Morgan fingerprint density at radius 2 is 0.714 bits per heavy atom. The molecule has 0 spiro atoms. The van der Waals surface area contributed by atoms with Crippen LogP contribution >= 0.6 is 22.7 Å². The highest BCUT2D eigenvalue weighted by Crippen LogP contribution is 2.48. The van der Waals surface area contributed by atoms with Crippen LogP contribution in [0.15, 0.2) is 84.9 Å². The van der Waals surface area contributed by atoms with E-state index in [2.05, 4.69) is 84.9 Å². The average molecular weight is 391 g/mol. The normalized spacial score (nSPS) is 12.3. The third-order valence-corrected chi connectivity index (χ3v) is 8.36. The van der Waals surface area contributed by atoms with E-state index in [9.17, 15) is 0 Å². The predicted octanol–water partition coefficient (Wildman–Crippen LogP) is 8.73. The first-order valence-corrected chi connectivity index (χ1v) is 11.1. The van der Waals surface area contributed by atoms with Gasteiger partial charge < -0.3 is 0 Å². The van der Waals surface area contributed by atoms with Crippen LogP contribution in [0.1, 0.15) is 0 Å². The largest absolute Gasteiger partial charge is 0.134 e.